The average molecular weight is 395 g/mol. The van der Waals surface area contributed by atoms with Gasteiger partial charge in [0.1, 0.15) is 11.4 Å². The Kier molecular flexibility index (Phi) is 6.09. The van der Waals surface area contributed by atoms with Crippen LogP contribution in [0.2, 0.25) is 0 Å². The molecule has 0 spiro atoms. The largest absolute Gasteiger partial charge is 0.376 e. The number of amides is 1. The molecule has 1 amide bonds. The number of anilines is 1. The summed E-state index contributed by atoms with van der Waals surface area (Å²) in [7, 11) is 0. The van der Waals surface area contributed by atoms with Gasteiger partial charge in [-0.15, -0.1) is 0 Å². The maximum absolute atomic E-state index is 12.9. The van der Waals surface area contributed by atoms with Gasteiger partial charge in [0.2, 0.25) is 0 Å². The Morgan fingerprint density at radius 3 is 2.66 bits per heavy atom. The van der Waals surface area contributed by atoms with Crippen LogP contribution >= 0.6 is 0 Å². The lowest BCUT2D eigenvalue weighted by Gasteiger charge is -2.32. The van der Waals surface area contributed by atoms with Gasteiger partial charge in [-0.1, -0.05) is 36.8 Å². The molecule has 154 valence electrons. The van der Waals surface area contributed by atoms with Crippen LogP contribution in [0, 0.1) is 12.8 Å². The number of piperidine rings is 1. The van der Waals surface area contributed by atoms with Gasteiger partial charge in [-0.3, -0.25) is 4.79 Å². The monoisotopic (exact) mass is 394 g/mol. The molecule has 2 aliphatic rings. The minimum Gasteiger partial charge on any atom is -0.376 e. The SMILES string of the molecule is Cc1ccc(-c2ncc(C(=O)NC[C@@H]3CCCO3)c(N3CCC(C)CC3)n2)cc1. The summed E-state index contributed by atoms with van der Waals surface area (Å²) >= 11 is 0. The number of hydrogen-bond donors (Lipinski definition) is 1. The first-order valence-electron chi connectivity index (χ1n) is 10.7. The summed E-state index contributed by atoms with van der Waals surface area (Å²) in [5.41, 5.74) is 2.71. The summed E-state index contributed by atoms with van der Waals surface area (Å²) in [4.78, 5) is 24.5. The Hall–Kier alpha value is -2.47. The molecule has 1 aromatic carbocycles. The van der Waals surface area contributed by atoms with E-state index in [0.717, 1.165) is 56.8 Å². The number of carbonyl (C=O) groups is 1. The molecule has 0 radical (unpaired) electrons. The Morgan fingerprint density at radius 1 is 1.21 bits per heavy atom. The number of rotatable bonds is 5. The van der Waals surface area contributed by atoms with Gasteiger partial charge in [-0.25, -0.2) is 9.97 Å². The van der Waals surface area contributed by atoms with Crippen molar-refractivity contribution in [3.05, 3.63) is 41.6 Å². The molecule has 1 atom stereocenters. The molecule has 0 bridgehead atoms. The molecule has 0 unspecified atom stereocenters. The van der Waals surface area contributed by atoms with E-state index >= 15 is 0 Å². The molecule has 0 saturated carbocycles. The van der Waals surface area contributed by atoms with Crippen molar-refractivity contribution in [2.24, 2.45) is 5.92 Å². The molecule has 2 aromatic rings. The van der Waals surface area contributed by atoms with E-state index in [4.69, 9.17) is 9.72 Å². The molecule has 2 saturated heterocycles. The minimum atomic E-state index is -0.121. The van der Waals surface area contributed by atoms with E-state index < -0.39 is 0 Å². The summed E-state index contributed by atoms with van der Waals surface area (Å²) < 4.78 is 5.63. The molecule has 0 aliphatic carbocycles. The van der Waals surface area contributed by atoms with Crippen molar-refractivity contribution < 1.29 is 9.53 Å². The highest BCUT2D eigenvalue weighted by atomic mass is 16.5. The van der Waals surface area contributed by atoms with Gasteiger partial charge in [-0.05, 0) is 38.5 Å². The summed E-state index contributed by atoms with van der Waals surface area (Å²) in [6.45, 7) is 7.49. The summed E-state index contributed by atoms with van der Waals surface area (Å²) in [6.07, 6.45) is 6.08. The first kappa shape index (κ1) is 19.8. The van der Waals surface area contributed by atoms with Crippen molar-refractivity contribution in [3.8, 4) is 11.4 Å². The number of nitrogens with one attached hydrogen (secondary N) is 1. The van der Waals surface area contributed by atoms with Crippen LogP contribution in [0.1, 0.15) is 48.5 Å². The molecule has 1 aromatic heterocycles. The zero-order chi connectivity index (χ0) is 20.2. The number of nitrogens with zero attached hydrogens (tertiary/aromatic N) is 3. The molecule has 29 heavy (non-hydrogen) atoms. The molecule has 1 N–H and O–H groups in total. The van der Waals surface area contributed by atoms with Gasteiger partial charge >= 0.3 is 0 Å². The summed E-state index contributed by atoms with van der Waals surface area (Å²) in [5, 5.41) is 3.03. The highest BCUT2D eigenvalue weighted by Crippen LogP contribution is 2.27. The van der Waals surface area contributed by atoms with E-state index in [1.165, 1.54) is 5.56 Å². The Labute approximate surface area is 172 Å². The third kappa shape index (κ3) is 4.75. The number of aryl methyl sites for hydroxylation is 1. The van der Waals surface area contributed by atoms with Gasteiger partial charge in [0.05, 0.1) is 6.10 Å². The van der Waals surface area contributed by atoms with Crippen molar-refractivity contribution in [1.82, 2.24) is 15.3 Å². The van der Waals surface area contributed by atoms with E-state index in [2.05, 4.69) is 41.2 Å². The third-order valence-electron chi connectivity index (χ3n) is 5.92. The topological polar surface area (TPSA) is 67.3 Å². The fourth-order valence-electron chi connectivity index (χ4n) is 3.94. The van der Waals surface area contributed by atoms with Crippen LogP contribution in [-0.4, -0.2) is 48.2 Å². The van der Waals surface area contributed by atoms with Crippen LogP contribution in [0.3, 0.4) is 0 Å². The maximum atomic E-state index is 12.9. The molecular weight excluding hydrogens is 364 g/mol. The van der Waals surface area contributed by atoms with E-state index in [1.807, 2.05) is 12.1 Å². The summed E-state index contributed by atoms with van der Waals surface area (Å²) in [6, 6.07) is 8.18. The zero-order valence-corrected chi connectivity index (χ0v) is 17.4. The average Bonchev–Trinajstić information content (AvgIpc) is 3.26. The van der Waals surface area contributed by atoms with Crippen LogP contribution in [0.15, 0.2) is 30.5 Å². The molecule has 4 rings (SSSR count). The van der Waals surface area contributed by atoms with E-state index in [9.17, 15) is 4.79 Å². The minimum absolute atomic E-state index is 0.117. The summed E-state index contributed by atoms with van der Waals surface area (Å²) in [5.74, 6) is 1.99. The second kappa shape index (κ2) is 8.91. The first-order valence-corrected chi connectivity index (χ1v) is 10.7. The van der Waals surface area contributed by atoms with Crippen molar-refractivity contribution in [3.63, 3.8) is 0 Å². The lowest BCUT2D eigenvalue weighted by atomic mass is 9.99. The highest BCUT2D eigenvalue weighted by Gasteiger charge is 2.25. The van der Waals surface area contributed by atoms with Crippen molar-refractivity contribution in [2.75, 3.05) is 31.1 Å². The number of benzene rings is 1. The quantitative estimate of drug-likeness (QED) is 0.839. The zero-order valence-electron chi connectivity index (χ0n) is 17.4. The smallest absolute Gasteiger partial charge is 0.256 e. The van der Waals surface area contributed by atoms with E-state index in [1.54, 1.807) is 6.20 Å². The van der Waals surface area contributed by atoms with Crippen LogP contribution in [0.5, 0.6) is 0 Å². The number of carbonyl (C=O) groups excluding carboxylic acids is 1. The predicted molar refractivity (Wildman–Crippen MR) is 114 cm³/mol. The fraction of sp³-hybridized carbons (Fsp3) is 0.522. The van der Waals surface area contributed by atoms with Gasteiger partial charge in [0, 0.05) is 38.0 Å². The number of hydrogen-bond acceptors (Lipinski definition) is 5. The molecule has 2 aliphatic heterocycles. The van der Waals surface area contributed by atoms with Gasteiger partial charge in [0.25, 0.3) is 5.91 Å². The third-order valence-corrected chi connectivity index (χ3v) is 5.92. The van der Waals surface area contributed by atoms with E-state index in [-0.39, 0.29) is 12.0 Å². The Morgan fingerprint density at radius 2 is 1.97 bits per heavy atom. The van der Waals surface area contributed by atoms with Crippen LogP contribution in [0.4, 0.5) is 5.82 Å². The molecule has 6 nitrogen and oxygen atoms in total. The van der Waals surface area contributed by atoms with Crippen LogP contribution in [-0.2, 0) is 4.74 Å². The highest BCUT2D eigenvalue weighted by molar-refractivity contribution is 5.99. The van der Waals surface area contributed by atoms with Crippen molar-refractivity contribution in [1.29, 1.82) is 0 Å². The van der Waals surface area contributed by atoms with Crippen molar-refractivity contribution in [2.45, 2.75) is 45.6 Å². The predicted octanol–water partition coefficient (Wildman–Crippen LogP) is 3.60. The number of ether oxygens (including phenoxy) is 1. The number of aromatic nitrogens is 2. The van der Waals surface area contributed by atoms with Crippen molar-refractivity contribution >= 4 is 11.7 Å². The van der Waals surface area contributed by atoms with Crippen LogP contribution in [0.25, 0.3) is 11.4 Å². The normalized spacial score (nSPS) is 20.1. The lowest BCUT2D eigenvalue weighted by Crippen LogP contribution is -2.37. The van der Waals surface area contributed by atoms with Gasteiger partial charge in [-0.2, -0.15) is 0 Å². The van der Waals surface area contributed by atoms with E-state index in [0.29, 0.717) is 23.9 Å². The maximum Gasteiger partial charge on any atom is 0.256 e. The first-order chi connectivity index (χ1) is 14.1. The van der Waals surface area contributed by atoms with Crippen LogP contribution < -0.4 is 10.2 Å². The molecule has 2 fully saturated rings. The standard InChI is InChI=1S/C23H30N4O2/c1-16-5-7-18(8-6-16)21-24-15-20(23(28)25-14-19-4-3-13-29-19)22(26-21)27-11-9-17(2)10-12-27/h5-8,15,17,19H,3-4,9-14H2,1-2H3,(H,25,28)/t19-/m0/s1. The molecule has 3 heterocycles. The Bertz CT molecular complexity index is 838. The lowest BCUT2D eigenvalue weighted by molar-refractivity contribution is 0.0857. The van der Waals surface area contributed by atoms with Gasteiger partial charge in [0.15, 0.2) is 5.82 Å². The Balaban J connectivity index is 1.60. The fourth-order valence-corrected chi connectivity index (χ4v) is 3.94. The van der Waals surface area contributed by atoms with Gasteiger partial charge < -0.3 is 15.0 Å². The second-order valence-corrected chi connectivity index (χ2v) is 8.31. The molecule has 6 heteroatoms. The molecular formula is C23H30N4O2. The second-order valence-electron chi connectivity index (χ2n) is 8.31.